The van der Waals surface area contributed by atoms with Gasteiger partial charge in [0.25, 0.3) is 5.91 Å². The number of carbonyl (C=O) groups excluding carboxylic acids is 2. The Hall–Kier alpha value is -2.24. The summed E-state index contributed by atoms with van der Waals surface area (Å²) in [5.74, 6) is 1.24. The largest absolute Gasteiger partial charge is 0.485 e. The fourth-order valence-corrected chi connectivity index (χ4v) is 3.06. The van der Waals surface area contributed by atoms with Crippen molar-refractivity contribution < 1.29 is 19.1 Å². The first-order chi connectivity index (χ1) is 11.2. The van der Waals surface area contributed by atoms with Crippen LogP contribution in [0.4, 0.5) is 0 Å². The van der Waals surface area contributed by atoms with Crippen LogP contribution in [0.1, 0.15) is 38.5 Å². The molecular formula is C17H22N2O4. The Bertz CT molecular complexity index is 569. The lowest BCUT2D eigenvalue weighted by Crippen LogP contribution is -2.50. The number of fused-ring (bicyclic) bond motifs is 1. The van der Waals surface area contributed by atoms with Crippen LogP contribution in [0, 0.1) is 5.92 Å². The Morgan fingerprint density at radius 2 is 1.83 bits per heavy atom. The molecule has 1 aromatic rings. The number of rotatable bonds is 4. The number of hydrogen-bond donors (Lipinski definition) is 2. The molecule has 124 valence electrons. The highest BCUT2D eigenvalue weighted by Crippen LogP contribution is 2.31. The molecule has 0 saturated heterocycles. The van der Waals surface area contributed by atoms with Crippen molar-refractivity contribution in [1.82, 2.24) is 10.9 Å². The molecule has 2 aliphatic rings. The van der Waals surface area contributed by atoms with E-state index in [4.69, 9.17) is 9.47 Å². The van der Waals surface area contributed by atoms with Gasteiger partial charge in [-0.2, -0.15) is 0 Å². The van der Waals surface area contributed by atoms with Gasteiger partial charge < -0.3 is 9.47 Å². The van der Waals surface area contributed by atoms with E-state index in [2.05, 4.69) is 10.9 Å². The zero-order valence-corrected chi connectivity index (χ0v) is 13.0. The number of para-hydroxylation sites is 2. The molecule has 1 aliphatic heterocycles. The van der Waals surface area contributed by atoms with Crippen molar-refractivity contribution in [3.05, 3.63) is 24.3 Å². The van der Waals surface area contributed by atoms with E-state index in [-0.39, 0.29) is 12.5 Å². The lowest BCUT2D eigenvalue weighted by Gasteiger charge is -2.25. The maximum absolute atomic E-state index is 12.0. The number of hydrazine groups is 1. The molecule has 0 radical (unpaired) electrons. The number of carbonyl (C=O) groups is 2. The van der Waals surface area contributed by atoms with E-state index in [0.29, 0.717) is 23.8 Å². The van der Waals surface area contributed by atoms with Gasteiger partial charge in [-0.05, 0) is 24.5 Å². The van der Waals surface area contributed by atoms with Gasteiger partial charge in [-0.1, -0.05) is 37.8 Å². The number of ether oxygens (including phenoxy) is 2. The summed E-state index contributed by atoms with van der Waals surface area (Å²) in [7, 11) is 0. The van der Waals surface area contributed by atoms with Gasteiger partial charge >= 0.3 is 0 Å². The fourth-order valence-electron chi connectivity index (χ4n) is 3.06. The molecule has 1 saturated carbocycles. The SMILES string of the molecule is O=C(CCC1CCCC1)NNC(=O)[C@@H]1COc2ccccc2O1. The Labute approximate surface area is 135 Å². The third-order valence-electron chi connectivity index (χ3n) is 4.38. The molecular weight excluding hydrogens is 296 g/mol. The van der Waals surface area contributed by atoms with Gasteiger partial charge in [0, 0.05) is 6.42 Å². The van der Waals surface area contributed by atoms with Crippen LogP contribution < -0.4 is 20.3 Å². The number of nitrogens with one attached hydrogen (secondary N) is 2. The van der Waals surface area contributed by atoms with Crippen molar-refractivity contribution >= 4 is 11.8 Å². The van der Waals surface area contributed by atoms with Crippen LogP contribution in [-0.4, -0.2) is 24.5 Å². The molecule has 1 atom stereocenters. The highest BCUT2D eigenvalue weighted by Gasteiger charge is 2.27. The van der Waals surface area contributed by atoms with Gasteiger partial charge in [-0.3, -0.25) is 20.4 Å². The molecule has 1 heterocycles. The van der Waals surface area contributed by atoms with Gasteiger partial charge in [0.05, 0.1) is 0 Å². The number of benzene rings is 1. The van der Waals surface area contributed by atoms with E-state index in [0.717, 1.165) is 6.42 Å². The zero-order valence-electron chi connectivity index (χ0n) is 13.0. The Kier molecular flexibility index (Phi) is 5.00. The second kappa shape index (κ2) is 7.35. The maximum Gasteiger partial charge on any atom is 0.283 e. The summed E-state index contributed by atoms with van der Waals surface area (Å²) >= 11 is 0. The molecule has 1 aromatic carbocycles. The fraction of sp³-hybridized carbons (Fsp3) is 0.529. The van der Waals surface area contributed by atoms with Gasteiger partial charge in [0.15, 0.2) is 11.5 Å². The average Bonchev–Trinajstić information content (AvgIpc) is 3.11. The summed E-state index contributed by atoms with van der Waals surface area (Å²) in [5, 5.41) is 0. The van der Waals surface area contributed by atoms with Gasteiger partial charge in [0.1, 0.15) is 6.61 Å². The average molecular weight is 318 g/mol. The van der Waals surface area contributed by atoms with Crippen LogP contribution in [0.3, 0.4) is 0 Å². The van der Waals surface area contributed by atoms with Crippen LogP contribution >= 0.6 is 0 Å². The summed E-state index contributed by atoms with van der Waals surface area (Å²) in [6.45, 7) is 0.126. The van der Waals surface area contributed by atoms with E-state index in [1.807, 2.05) is 12.1 Å². The third-order valence-corrected chi connectivity index (χ3v) is 4.38. The number of amides is 2. The lowest BCUT2D eigenvalue weighted by atomic mass is 10.0. The first-order valence-corrected chi connectivity index (χ1v) is 8.19. The quantitative estimate of drug-likeness (QED) is 0.832. The maximum atomic E-state index is 12.0. The molecule has 1 fully saturated rings. The summed E-state index contributed by atoms with van der Waals surface area (Å²) < 4.78 is 11.1. The van der Waals surface area contributed by atoms with Crippen molar-refractivity contribution in [1.29, 1.82) is 0 Å². The van der Waals surface area contributed by atoms with Crippen molar-refractivity contribution in [2.24, 2.45) is 5.92 Å². The first-order valence-electron chi connectivity index (χ1n) is 8.19. The summed E-state index contributed by atoms with van der Waals surface area (Å²) in [6, 6.07) is 7.18. The molecule has 2 amide bonds. The Balaban J connectivity index is 1.40. The highest BCUT2D eigenvalue weighted by atomic mass is 16.6. The summed E-state index contributed by atoms with van der Waals surface area (Å²) in [4.78, 5) is 23.8. The minimum atomic E-state index is -0.764. The van der Waals surface area contributed by atoms with E-state index in [1.165, 1.54) is 25.7 Å². The molecule has 2 N–H and O–H groups in total. The second-order valence-corrected chi connectivity index (χ2v) is 6.09. The van der Waals surface area contributed by atoms with Gasteiger partial charge in [-0.15, -0.1) is 0 Å². The van der Waals surface area contributed by atoms with Crippen LogP contribution in [0.15, 0.2) is 24.3 Å². The molecule has 6 heteroatoms. The highest BCUT2D eigenvalue weighted by molar-refractivity contribution is 5.85. The molecule has 0 spiro atoms. The smallest absolute Gasteiger partial charge is 0.283 e. The minimum absolute atomic E-state index is 0.126. The van der Waals surface area contributed by atoms with Gasteiger partial charge in [0.2, 0.25) is 12.0 Å². The molecule has 23 heavy (non-hydrogen) atoms. The van der Waals surface area contributed by atoms with E-state index < -0.39 is 12.0 Å². The Morgan fingerprint density at radius 1 is 1.09 bits per heavy atom. The van der Waals surface area contributed by atoms with E-state index >= 15 is 0 Å². The molecule has 0 aromatic heterocycles. The summed E-state index contributed by atoms with van der Waals surface area (Å²) in [5.41, 5.74) is 4.87. The van der Waals surface area contributed by atoms with Crippen LogP contribution in [0.5, 0.6) is 11.5 Å². The summed E-state index contributed by atoms with van der Waals surface area (Å²) in [6.07, 6.45) is 5.53. The van der Waals surface area contributed by atoms with Crippen molar-refractivity contribution in [2.45, 2.75) is 44.6 Å². The minimum Gasteiger partial charge on any atom is -0.485 e. The Morgan fingerprint density at radius 3 is 2.61 bits per heavy atom. The van der Waals surface area contributed by atoms with Crippen molar-refractivity contribution in [3.8, 4) is 11.5 Å². The standard InChI is InChI=1S/C17H22N2O4/c20-16(10-9-12-5-1-2-6-12)18-19-17(21)15-11-22-13-7-3-4-8-14(13)23-15/h3-4,7-8,12,15H,1-2,5-6,9-11H2,(H,18,20)(H,19,21)/t15-/m0/s1. The van der Waals surface area contributed by atoms with Crippen LogP contribution in [-0.2, 0) is 9.59 Å². The van der Waals surface area contributed by atoms with Gasteiger partial charge in [-0.25, -0.2) is 0 Å². The topological polar surface area (TPSA) is 76.7 Å². The normalized spacial score (nSPS) is 20.1. The monoisotopic (exact) mass is 318 g/mol. The molecule has 3 rings (SSSR count). The van der Waals surface area contributed by atoms with Crippen molar-refractivity contribution in [3.63, 3.8) is 0 Å². The first kappa shape index (κ1) is 15.6. The molecule has 6 nitrogen and oxygen atoms in total. The molecule has 0 unspecified atom stereocenters. The predicted molar refractivity (Wildman–Crippen MR) is 83.8 cm³/mol. The lowest BCUT2D eigenvalue weighted by molar-refractivity contribution is -0.135. The van der Waals surface area contributed by atoms with Crippen LogP contribution in [0.25, 0.3) is 0 Å². The number of hydrogen-bond acceptors (Lipinski definition) is 4. The second-order valence-electron chi connectivity index (χ2n) is 6.09. The van der Waals surface area contributed by atoms with Crippen molar-refractivity contribution in [2.75, 3.05) is 6.61 Å². The molecule has 1 aliphatic carbocycles. The van der Waals surface area contributed by atoms with E-state index in [9.17, 15) is 9.59 Å². The van der Waals surface area contributed by atoms with Crippen LogP contribution in [0.2, 0.25) is 0 Å². The predicted octanol–water partition coefficient (Wildman–Crippen LogP) is 1.94. The molecule has 0 bridgehead atoms. The zero-order chi connectivity index (χ0) is 16.1. The third kappa shape index (κ3) is 4.15. The van der Waals surface area contributed by atoms with E-state index in [1.54, 1.807) is 12.1 Å².